The molecule has 0 atom stereocenters. The Morgan fingerprint density at radius 1 is 0.941 bits per heavy atom. The molecule has 0 saturated carbocycles. The van der Waals surface area contributed by atoms with Crippen LogP contribution in [0.15, 0.2) is 0 Å². The Bertz CT molecular complexity index is 506. The first kappa shape index (κ1) is 13.4. The Hall–Kier alpha value is -1.62. The van der Waals surface area contributed by atoms with Crippen LogP contribution in [0.4, 0.5) is 0 Å². The van der Waals surface area contributed by atoms with Crippen molar-refractivity contribution in [3.05, 3.63) is 33.4 Å². The molecule has 0 bridgehead atoms. The minimum Gasteiger partial charge on any atom is -0.478 e. The number of carbonyl (C=O) groups is 2. The third-order valence-corrected chi connectivity index (χ3v) is 3.40. The lowest BCUT2D eigenvalue weighted by molar-refractivity contribution is 0.0695. The second-order valence-corrected chi connectivity index (χ2v) is 4.24. The number of hydrogen-bond acceptors (Lipinski definition) is 2. The van der Waals surface area contributed by atoms with Crippen LogP contribution in [0.5, 0.6) is 0 Å². The molecular formula is C12H13O4Si. The quantitative estimate of drug-likeness (QED) is 0.799. The number of rotatable bonds is 3. The number of carboxylic acids is 2. The average molecular weight is 249 g/mol. The van der Waals surface area contributed by atoms with E-state index in [1.807, 2.05) is 0 Å². The summed E-state index contributed by atoms with van der Waals surface area (Å²) in [5.74, 6) is -2.19. The molecule has 5 heteroatoms. The van der Waals surface area contributed by atoms with Gasteiger partial charge in [-0.1, -0.05) is 0 Å². The van der Waals surface area contributed by atoms with Crippen LogP contribution in [-0.4, -0.2) is 32.4 Å². The monoisotopic (exact) mass is 249 g/mol. The zero-order chi connectivity index (χ0) is 13.3. The smallest absolute Gasteiger partial charge is 0.336 e. The third-order valence-electron chi connectivity index (χ3n) is 3.05. The zero-order valence-electron chi connectivity index (χ0n) is 9.92. The maximum Gasteiger partial charge on any atom is 0.336 e. The van der Waals surface area contributed by atoms with Gasteiger partial charge < -0.3 is 10.2 Å². The lowest BCUT2D eigenvalue weighted by Crippen LogP contribution is -2.15. The van der Waals surface area contributed by atoms with E-state index < -0.39 is 11.9 Å². The van der Waals surface area contributed by atoms with E-state index in [-0.39, 0.29) is 11.1 Å². The predicted octanol–water partition coefficient (Wildman–Crippen LogP) is 1.68. The highest BCUT2D eigenvalue weighted by Gasteiger charge is 2.23. The third kappa shape index (κ3) is 2.10. The van der Waals surface area contributed by atoms with Crippen LogP contribution in [-0.2, 0) is 6.04 Å². The first-order valence-corrected chi connectivity index (χ1v) is 5.77. The summed E-state index contributed by atoms with van der Waals surface area (Å²) in [4.78, 5) is 22.4. The summed E-state index contributed by atoms with van der Waals surface area (Å²) < 4.78 is 0. The van der Waals surface area contributed by atoms with Crippen molar-refractivity contribution in [3.63, 3.8) is 0 Å². The molecule has 0 heterocycles. The normalized spacial score (nSPS) is 10.4. The van der Waals surface area contributed by atoms with Gasteiger partial charge in [0.05, 0.1) is 11.1 Å². The van der Waals surface area contributed by atoms with Crippen molar-refractivity contribution in [2.75, 3.05) is 0 Å². The number of hydrogen-bond donors (Lipinski definition) is 2. The summed E-state index contributed by atoms with van der Waals surface area (Å²) in [6, 6.07) is 0.384. The van der Waals surface area contributed by atoms with Crippen molar-refractivity contribution in [3.8, 4) is 0 Å². The van der Waals surface area contributed by atoms with Gasteiger partial charge in [0.1, 0.15) is 0 Å². The molecule has 0 spiro atoms. The van der Waals surface area contributed by atoms with Crippen molar-refractivity contribution in [2.24, 2.45) is 0 Å². The minimum absolute atomic E-state index is 0.0838. The van der Waals surface area contributed by atoms with Crippen molar-refractivity contribution >= 4 is 22.2 Å². The van der Waals surface area contributed by atoms with Crippen LogP contribution in [0.1, 0.15) is 43.0 Å². The molecule has 1 aromatic rings. The fourth-order valence-electron chi connectivity index (χ4n) is 2.07. The van der Waals surface area contributed by atoms with Crippen LogP contribution in [0, 0.1) is 20.8 Å². The number of carboxylic acid groups (broad SMARTS) is 2. The minimum atomic E-state index is -1.10. The molecule has 0 aliphatic heterocycles. The van der Waals surface area contributed by atoms with E-state index in [4.69, 9.17) is 5.11 Å². The summed E-state index contributed by atoms with van der Waals surface area (Å²) in [6.07, 6.45) is 0. The standard InChI is InChI=1S/C12H13O4Si/c1-5-6(2)9(11(13)14)7(3)10(12(15)16)8(5)4-17/h4H2,1-3H3,(H,13,14)(H,15,16). The summed E-state index contributed by atoms with van der Waals surface area (Å²) in [6.45, 7) is 4.97. The van der Waals surface area contributed by atoms with Gasteiger partial charge in [-0.05, 0) is 49.1 Å². The molecule has 2 N–H and O–H groups in total. The lowest BCUT2D eigenvalue weighted by atomic mass is 9.89. The van der Waals surface area contributed by atoms with Crippen LogP contribution >= 0.6 is 0 Å². The Balaban J connectivity index is 3.82. The highest BCUT2D eigenvalue weighted by atomic mass is 28.1. The van der Waals surface area contributed by atoms with Crippen LogP contribution < -0.4 is 0 Å². The van der Waals surface area contributed by atoms with Gasteiger partial charge in [-0.15, -0.1) is 0 Å². The van der Waals surface area contributed by atoms with E-state index >= 15 is 0 Å². The molecule has 1 rings (SSSR count). The predicted molar refractivity (Wildman–Crippen MR) is 64.0 cm³/mol. The summed E-state index contributed by atoms with van der Waals surface area (Å²) in [7, 11) is 3.30. The van der Waals surface area contributed by atoms with Crippen molar-refractivity contribution in [1.29, 1.82) is 0 Å². The van der Waals surface area contributed by atoms with Crippen molar-refractivity contribution < 1.29 is 19.8 Å². The SMILES string of the molecule is Cc1c(C)c(C(=O)O)c(C)c(C(=O)O)c1C[Si]. The Kier molecular flexibility index (Phi) is 3.72. The molecule has 0 aliphatic carbocycles. The fourth-order valence-corrected chi connectivity index (χ4v) is 2.51. The molecule has 0 aromatic heterocycles. The second-order valence-electron chi connectivity index (χ2n) is 3.89. The topological polar surface area (TPSA) is 74.6 Å². The zero-order valence-corrected chi connectivity index (χ0v) is 10.9. The van der Waals surface area contributed by atoms with Gasteiger partial charge in [-0.2, -0.15) is 0 Å². The maximum atomic E-state index is 11.2. The van der Waals surface area contributed by atoms with E-state index in [9.17, 15) is 14.7 Å². The lowest BCUT2D eigenvalue weighted by Gasteiger charge is -2.17. The number of benzene rings is 1. The number of aromatic carboxylic acids is 2. The maximum absolute atomic E-state index is 11.2. The highest BCUT2D eigenvalue weighted by molar-refractivity contribution is 6.10. The Morgan fingerprint density at radius 3 is 1.76 bits per heavy atom. The van der Waals surface area contributed by atoms with E-state index in [1.165, 1.54) is 6.92 Å². The molecular weight excluding hydrogens is 236 g/mol. The fraction of sp³-hybridized carbons (Fsp3) is 0.333. The van der Waals surface area contributed by atoms with Gasteiger partial charge in [0.2, 0.25) is 0 Å². The highest BCUT2D eigenvalue weighted by Crippen LogP contribution is 2.27. The van der Waals surface area contributed by atoms with Gasteiger partial charge in [0, 0.05) is 10.2 Å². The first-order valence-electron chi connectivity index (χ1n) is 5.06. The molecule has 3 radical (unpaired) electrons. The largest absolute Gasteiger partial charge is 0.478 e. The summed E-state index contributed by atoms with van der Waals surface area (Å²) in [5, 5.41) is 18.3. The van der Waals surface area contributed by atoms with Crippen LogP contribution in [0.3, 0.4) is 0 Å². The van der Waals surface area contributed by atoms with E-state index in [1.54, 1.807) is 13.8 Å². The summed E-state index contributed by atoms with van der Waals surface area (Å²) in [5.41, 5.74) is 2.44. The summed E-state index contributed by atoms with van der Waals surface area (Å²) >= 11 is 0. The van der Waals surface area contributed by atoms with Crippen LogP contribution in [0.25, 0.3) is 0 Å². The average Bonchev–Trinajstić information content (AvgIpc) is 2.21. The van der Waals surface area contributed by atoms with E-state index in [0.717, 1.165) is 0 Å². The molecule has 4 nitrogen and oxygen atoms in total. The Labute approximate surface area is 103 Å². The molecule has 1 aromatic carbocycles. The van der Waals surface area contributed by atoms with Crippen LogP contribution in [0.2, 0.25) is 0 Å². The molecule has 17 heavy (non-hydrogen) atoms. The molecule has 89 valence electrons. The van der Waals surface area contributed by atoms with Gasteiger partial charge in [0.25, 0.3) is 0 Å². The Morgan fingerprint density at radius 2 is 1.41 bits per heavy atom. The van der Waals surface area contributed by atoms with Crippen molar-refractivity contribution in [1.82, 2.24) is 0 Å². The molecule has 0 aliphatic rings. The molecule has 0 saturated heterocycles. The van der Waals surface area contributed by atoms with Gasteiger partial charge in [-0.3, -0.25) is 0 Å². The van der Waals surface area contributed by atoms with Gasteiger partial charge >= 0.3 is 11.9 Å². The van der Waals surface area contributed by atoms with Gasteiger partial charge in [-0.25, -0.2) is 9.59 Å². The second kappa shape index (κ2) is 4.71. The molecule has 0 amide bonds. The van der Waals surface area contributed by atoms with Gasteiger partial charge in [0.15, 0.2) is 0 Å². The van der Waals surface area contributed by atoms with E-state index in [2.05, 4.69) is 10.2 Å². The van der Waals surface area contributed by atoms with E-state index in [0.29, 0.717) is 28.3 Å². The first-order chi connectivity index (χ1) is 7.82. The molecule has 0 unspecified atom stereocenters. The van der Waals surface area contributed by atoms with Crippen molar-refractivity contribution in [2.45, 2.75) is 26.8 Å². The molecule has 0 fully saturated rings.